The molecule has 2 aromatic carbocycles. The van der Waals surface area contributed by atoms with Crippen LogP contribution in [0, 0.1) is 5.82 Å². The normalized spacial score (nSPS) is 11.5. The van der Waals surface area contributed by atoms with Gasteiger partial charge in [-0.3, -0.25) is 4.99 Å². The van der Waals surface area contributed by atoms with Gasteiger partial charge in [-0.1, -0.05) is 24.3 Å². The van der Waals surface area contributed by atoms with E-state index in [9.17, 15) is 4.39 Å². The van der Waals surface area contributed by atoms with Gasteiger partial charge in [0.1, 0.15) is 5.82 Å². The number of nitrogens with zero attached hydrogens (tertiary/aromatic N) is 1. The maximum Gasteiger partial charge on any atom is 0.193 e. The van der Waals surface area contributed by atoms with Crippen molar-refractivity contribution in [2.24, 2.45) is 10.7 Å². The number of para-hydroxylation sites is 1. The molecular weight excluding hydrogens is 361 g/mol. The number of hydrogen-bond acceptors (Lipinski definition) is 2. The molecule has 0 atom stereocenters. The molecule has 0 aliphatic rings. The number of hydrogen-bond donors (Lipinski definition) is 2. The van der Waals surface area contributed by atoms with Crippen LogP contribution < -0.4 is 11.1 Å². The summed E-state index contributed by atoms with van der Waals surface area (Å²) >= 11 is 3.17. The van der Waals surface area contributed by atoms with Crippen LogP contribution in [-0.2, 0) is 17.8 Å². The lowest BCUT2D eigenvalue weighted by atomic mass is 10.1. The Balaban J connectivity index is 1.94. The van der Waals surface area contributed by atoms with Crippen molar-refractivity contribution in [1.82, 2.24) is 0 Å². The zero-order valence-corrected chi connectivity index (χ0v) is 14.4. The molecule has 0 spiro atoms. The van der Waals surface area contributed by atoms with E-state index in [1.807, 2.05) is 24.3 Å². The predicted molar refractivity (Wildman–Crippen MR) is 95.1 cm³/mol. The SMILES string of the molecule is COCc1ccccc1NC(N)=NCCc1ccc(F)c(Br)c1. The van der Waals surface area contributed by atoms with Crippen molar-refractivity contribution in [3.05, 3.63) is 63.9 Å². The number of rotatable bonds is 6. The molecular formula is C17H19BrFN3O. The average Bonchev–Trinajstić information content (AvgIpc) is 2.53. The molecule has 122 valence electrons. The monoisotopic (exact) mass is 379 g/mol. The number of methoxy groups -OCH3 is 1. The molecule has 2 rings (SSSR count). The fourth-order valence-electron chi connectivity index (χ4n) is 2.10. The van der Waals surface area contributed by atoms with E-state index in [2.05, 4.69) is 26.2 Å². The van der Waals surface area contributed by atoms with Crippen LogP contribution in [0.1, 0.15) is 11.1 Å². The van der Waals surface area contributed by atoms with Gasteiger partial charge in [0.25, 0.3) is 0 Å². The van der Waals surface area contributed by atoms with Crippen molar-refractivity contribution in [3.8, 4) is 0 Å². The number of halogens is 2. The lowest BCUT2D eigenvalue weighted by Crippen LogP contribution is -2.23. The summed E-state index contributed by atoms with van der Waals surface area (Å²) in [6.45, 7) is 1.02. The number of aliphatic imine (C=N–C) groups is 1. The highest BCUT2D eigenvalue weighted by molar-refractivity contribution is 9.10. The van der Waals surface area contributed by atoms with Crippen molar-refractivity contribution in [1.29, 1.82) is 0 Å². The fourth-order valence-corrected chi connectivity index (χ4v) is 2.53. The summed E-state index contributed by atoms with van der Waals surface area (Å²) in [5.74, 6) is 0.0721. The quantitative estimate of drug-likeness (QED) is 0.594. The van der Waals surface area contributed by atoms with E-state index in [1.54, 1.807) is 19.2 Å². The Hall–Kier alpha value is -1.92. The Morgan fingerprint density at radius 3 is 2.83 bits per heavy atom. The third kappa shape index (κ3) is 5.33. The van der Waals surface area contributed by atoms with Crippen molar-refractivity contribution in [3.63, 3.8) is 0 Å². The molecule has 6 heteroatoms. The highest BCUT2D eigenvalue weighted by atomic mass is 79.9. The summed E-state index contributed by atoms with van der Waals surface area (Å²) in [4.78, 5) is 4.30. The van der Waals surface area contributed by atoms with Gasteiger partial charge in [0.2, 0.25) is 0 Å². The van der Waals surface area contributed by atoms with Crippen LogP contribution in [0.5, 0.6) is 0 Å². The average molecular weight is 380 g/mol. The third-order valence-corrected chi connectivity index (χ3v) is 3.85. The Labute approximate surface area is 143 Å². The number of nitrogens with two attached hydrogens (primary N) is 1. The fraction of sp³-hybridized carbons (Fsp3) is 0.235. The summed E-state index contributed by atoms with van der Waals surface area (Å²) in [5.41, 5.74) is 8.80. The molecule has 0 heterocycles. The van der Waals surface area contributed by atoms with Crippen molar-refractivity contribution in [2.45, 2.75) is 13.0 Å². The standard InChI is InChI=1S/C17H19BrFN3O/c1-23-11-13-4-2-3-5-16(13)22-17(20)21-9-8-12-6-7-15(19)14(18)10-12/h2-7,10H,8-9,11H2,1H3,(H3,20,21,22). The minimum Gasteiger partial charge on any atom is -0.380 e. The Bertz CT molecular complexity index is 691. The molecule has 0 amide bonds. The van der Waals surface area contributed by atoms with Gasteiger partial charge in [0, 0.05) is 24.9 Å². The largest absolute Gasteiger partial charge is 0.380 e. The predicted octanol–water partition coefficient (Wildman–Crippen LogP) is 3.70. The molecule has 0 aliphatic heterocycles. The number of nitrogens with one attached hydrogen (secondary N) is 1. The summed E-state index contributed by atoms with van der Waals surface area (Å²) in [5, 5.41) is 3.08. The van der Waals surface area contributed by atoms with Crippen LogP contribution in [-0.4, -0.2) is 19.6 Å². The third-order valence-electron chi connectivity index (χ3n) is 3.25. The Kier molecular flexibility index (Phi) is 6.55. The van der Waals surface area contributed by atoms with E-state index in [-0.39, 0.29) is 5.82 Å². The summed E-state index contributed by atoms with van der Waals surface area (Å²) in [6, 6.07) is 12.7. The second-order valence-corrected chi connectivity index (χ2v) is 5.83. The summed E-state index contributed by atoms with van der Waals surface area (Å²) in [7, 11) is 1.65. The molecule has 0 unspecified atom stereocenters. The van der Waals surface area contributed by atoms with Gasteiger partial charge >= 0.3 is 0 Å². The topological polar surface area (TPSA) is 59.6 Å². The van der Waals surface area contributed by atoms with Crippen molar-refractivity contribution in [2.75, 3.05) is 19.0 Å². The lowest BCUT2D eigenvalue weighted by Gasteiger charge is -2.10. The van der Waals surface area contributed by atoms with Gasteiger partial charge in [-0.05, 0) is 46.1 Å². The van der Waals surface area contributed by atoms with Gasteiger partial charge in [0.15, 0.2) is 5.96 Å². The number of anilines is 1. The van der Waals surface area contributed by atoms with Crippen molar-refractivity contribution < 1.29 is 9.13 Å². The molecule has 0 saturated heterocycles. The number of ether oxygens (including phenoxy) is 1. The summed E-state index contributed by atoms with van der Waals surface area (Å²) in [6.07, 6.45) is 0.682. The second kappa shape index (κ2) is 8.64. The molecule has 3 N–H and O–H groups in total. The zero-order valence-electron chi connectivity index (χ0n) is 12.9. The van der Waals surface area contributed by atoms with Gasteiger partial charge in [-0.2, -0.15) is 0 Å². The Morgan fingerprint density at radius 2 is 2.09 bits per heavy atom. The smallest absolute Gasteiger partial charge is 0.193 e. The highest BCUT2D eigenvalue weighted by Crippen LogP contribution is 2.17. The molecule has 0 aliphatic carbocycles. The highest BCUT2D eigenvalue weighted by Gasteiger charge is 2.03. The maximum atomic E-state index is 13.2. The maximum absolute atomic E-state index is 13.2. The van der Waals surface area contributed by atoms with Crippen LogP contribution in [0.2, 0.25) is 0 Å². The van der Waals surface area contributed by atoms with Gasteiger partial charge in [0.05, 0.1) is 11.1 Å². The van der Waals surface area contributed by atoms with Gasteiger partial charge in [-0.25, -0.2) is 4.39 Å². The van der Waals surface area contributed by atoms with E-state index in [0.717, 1.165) is 16.8 Å². The van der Waals surface area contributed by atoms with Gasteiger partial charge < -0.3 is 15.8 Å². The first-order valence-corrected chi connectivity index (χ1v) is 7.97. The lowest BCUT2D eigenvalue weighted by molar-refractivity contribution is 0.185. The van der Waals surface area contributed by atoms with Crippen LogP contribution in [0.25, 0.3) is 0 Å². The number of benzene rings is 2. The molecule has 4 nitrogen and oxygen atoms in total. The van der Waals surface area contributed by atoms with E-state index >= 15 is 0 Å². The van der Waals surface area contributed by atoms with E-state index in [0.29, 0.717) is 30.0 Å². The zero-order chi connectivity index (χ0) is 16.7. The molecule has 23 heavy (non-hydrogen) atoms. The molecule has 0 radical (unpaired) electrons. The van der Waals surface area contributed by atoms with Crippen LogP contribution in [0.3, 0.4) is 0 Å². The minimum absolute atomic E-state index is 0.270. The number of guanidine groups is 1. The molecule has 0 bridgehead atoms. The van der Waals surface area contributed by atoms with Crippen LogP contribution in [0.15, 0.2) is 51.9 Å². The Morgan fingerprint density at radius 1 is 1.30 bits per heavy atom. The first kappa shape index (κ1) is 17.4. The van der Waals surface area contributed by atoms with E-state index in [4.69, 9.17) is 10.5 Å². The van der Waals surface area contributed by atoms with Crippen LogP contribution >= 0.6 is 15.9 Å². The molecule has 0 fully saturated rings. The molecule has 0 saturated carbocycles. The van der Waals surface area contributed by atoms with Gasteiger partial charge in [-0.15, -0.1) is 0 Å². The van der Waals surface area contributed by atoms with E-state index < -0.39 is 0 Å². The van der Waals surface area contributed by atoms with E-state index in [1.165, 1.54) is 6.07 Å². The first-order valence-electron chi connectivity index (χ1n) is 7.18. The molecule has 2 aromatic rings. The minimum atomic E-state index is -0.270. The summed E-state index contributed by atoms with van der Waals surface area (Å²) < 4.78 is 18.8. The van der Waals surface area contributed by atoms with Crippen molar-refractivity contribution >= 4 is 27.6 Å². The second-order valence-electron chi connectivity index (χ2n) is 4.98. The first-order chi connectivity index (χ1) is 11.1. The van der Waals surface area contributed by atoms with Crippen LogP contribution in [0.4, 0.5) is 10.1 Å². The molecule has 0 aromatic heterocycles.